The van der Waals surface area contributed by atoms with Gasteiger partial charge in [-0.25, -0.2) is 0 Å². The highest BCUT2D eigenvalue weighted by molar-refractivity contribution is 5.95. The molecule has 0 bridgehead atoms. The third kappa shape index (κ3) is 5.40. The first-order valence-corrected chi connectivity index (χ1v) is 9.76. The molecule has 0 atom stereocenters. The second-order valence-electron chi connectivity index (χ2n) is 7.23. The number of aromatic amines is 1. The molecule has 146 valence electrons. The Morgan fingerprint density at radius 2 is 2.15 bits per heavy atom. The van der Waals surface area contributed by atoms with Gasteiger partial charge in [0.2, 0.25) is 0 Å². The normalized spacial score (nSPS) is 15.8. The van der Waals surface area contributed by atoms with Crippen LogP contribution < -0.4 is 5.32 Å². The van der Waals surface area contributed by atoms with Crippen molar-refractivity contribution in [1.29, 1.82) is 0 Å². The Balaban J connectivity index is 1.62. The van der Waals surface area contributed by atoms with Gasteiger partial charge in [-0.05, 0) is 63.5 Å². The van der Waals surface area contributed by atoms with Crippen molar-refractivity contribution in [2.45, 2.75) is 38.6 Å². The zero-order valence-corrected chi connectivity index (χ0v) is 16.3. The van der Waals surface area contributed by atoms with Crippen molar-refractivity contribution in [3.63, 3.8) is 0 Å². The quantitative estimate of drug-likeness (QED) is 0.701. The summed E-state index contributed by atoms with van der Waals surface area (Å²) in [6, 6.07) is 8.01. The Morgan fingerprint density at radius 3 is 2.85 bits per heavy atom. The highest BCUT2D eigenvalue weighted by Crippen LogP contribution is 2.30. The van der Waals surface area contributed by atoms with Crippen molar-refractivity contribution in [1.82, 2.24) is 20.2 Å². The predicted molar refractivity (Wildman–Crippen MR) is 106 cm³/mol. The highest BCUT2D eigenvalue weighted by atomic mass is 16.5. The summed E-state index contributed by atoms with van der Waals surface area (Å²) in [6.45, 7) is 6.26. The number of hydrogen-bond acceptors (Lipinski definition) is 4. The molecule has 3 heterocycles. The van der Waals surface area contributed by atoms with Gasteiger partial charge in [-0.2, -0.15) is 0 Å². The van der Waals surface area contributed by atoms with Crippen molar-refractivity contribution in [2.75, 3.05) is 33.4 Å². The van der Waals surface area contributed by atoms with Crippen LogP contribution in [0.25, 0.3) is 0 Å². The van der Waals surface area contributed by atoms with E-state index in [9.17, 15) is 4.79 Å². The Bertz CT molecular complexity index is 722. The number of nitrogens with one attached hydrogen (secondary N) is 2. The van der Waals surface area contributed by atoms with Crippen LogP contribution >= 0.6 is 0 Å². The second-order valence-corrected chi connectivity index (χ2v) is 7.23. The van der Waals surface area contributed by atoms with E-state index in [2.05, 4.69) is 21.3 Å². The monoisotopic (exact) mass is 370 g/mol. The molecule has 1 aliphatic rings. The number of nitrogens with zero attached hydrogens (tertiary/aromatic N) is 2. The van der Waals surface area contributed by atoms with E-state index >= 15 is 0 Å². The number of aryl methyl sites for hydroxylation is 1. The summed E-state index contributed by atoms with van der Waals surface area (Å²) < 4.78 is 5.04. The van der Waals surface area contributed by atoms with Gasteiger partial charge in [-0.15, -0.1) is 0 Å². The van der Waals surface area contributed by atoms with Crippen molar-refractivity contribution in [2.24, 2.45) is 0 Å². The third-order valence-corrected chi connectivity index (χ3v) is 5.15. The molecule has 2 N–H and O–H groups in total. The van der Waals surface area contributed by atoms with Gasteiger partial charge in [0.25, 0.3) is 5.91 Å². The number of piperidine rings is 1. The maximum absolute atomic E-state index is 12.7. The Morgan fingerprint density at radius 1 is 1.33 bits per heavy atom. The molecule has 0 radical (unpaired) electrons. The van der Waals surface area contributed by atoms with Gasteiger partial charge < -0.3 is 15.0 Å². The first-order chi connectivity index (χ1) is 13.2. The predicted octanol–water partition coefficient (Wildman–Crippen LogP) is 2.86. The molecular weight excluding hydrogens is 340 g/mol. The fourth-order valence-electron chi connectivity index (χ4n) is 3.66. The van der Waals surface area contributed by atoms with Crippen molar-refractivity contribution in [3.05, 3.63) is 53.1 Å². The van der Waals surface area contributed by atoms with E-state index in [-0.39, 0.29) is 5.91 Å². The number of amides is 1. The van der Waals surface area contributed by atoms with Crippen LogP contribution in [-0.2, 0) is 11.3 Å². The molecule has 6 heteroatoms. The van der Waals surface area contributed by atoms with Crippen LogP contribution in [0.2, 0.25) is 0 Å². The molecule has 2 aromatic rings. The van der Waals surface area contributed by atoms with E-state index in [1.54, 1.807) is 7.11 Å². The molecule has 3 rings (SSSR count). The summed E-state index contributed by atoms with van der Waals surface area (Å²) in [5.41, 5.74) is 3.90. The zero-order valence-electron chi connectivity index (χ0n) is 16.3. The number of hydrogen-bond donors (Lipinski definition) is 2. The first kappa shape index (κ1) is 19.6. The van der Waals surface area contributed by atoms with Gasteiger partial charge in [0.1, 0.15) is 0 Å². The molecule has 0 unspecified atom stereocenters. The third-order valence-electron chi connectivity index (χ3n) is 5.15. The van der Waals surface area contributed by atoms with Crippen molar-refractivity contribution in [3.8, 4) is 0 Å². The summed E-state index contributed by atoms with van der Waals surface area (Å²) in [7, 11) is 1.67. The van der Waals surface area contributed by atoms with Crippen LogP contribution in [0, 0.1) is 6.92 Å². The van der Waals surface area contributed by atoms with Crippen LogP contribution in [0.1, 0.15) is 52.6 Å². The molecule has 6 nitrogen and oxygen atoms in total. The van der Waals surface area contributed by atoms with E-state index in [0.717, 1.165) is 55.8 Å². The van der Waals surface area contributed by atoms with Gasteiger partial charge in [0.05, 0.1) is 11.3 Å². The lowest BCUT2D eigenvalue weighted by atomic mass is 9.89. The number of carbonyl (C=O) groups is 1. The van der Waals surface area contributed by atoms with Crippen LogP contribution in [0.5, 0.6) is 0 Å². The number of methoxy groups -OCH3 is 1. The van der Waals surface area contributed by atoms with Gasteiger partial charge in [0.15, 0.2) is 0 Å². The summed E-state index contributed by atoms with van der Waals surface area (Å²) >= 11 is 0. The van der Waals surface area contributed by atoms with E-state index < -0.39 is 0 Å². The fraction of sp³-hybridized carbons (Fsp3) is 0.524. The molecule has 1 aliphatic heterocycles. The standard InChI is InChI=1S/C21H30N4O2/c1-16-6-7-19(21(26)23-11-4-14-27-2)20(24-16)17-8-12-25(13-9-17)15-18-5-3-10-22-18/h3,5-7,10,17,22H,4,8-9,11-15H2,1-2H3,(H,23,26). The Labute approximate surface area is 161 Å². The van der Waals surface area contributed by atoms with E-state index in [4.69, 9.17) is 9.72 Å². The minimum Gasteiger partial charge on any atom is -0.385 e. The smallest absolute Gasteiger partial charge is 0.253 e. The summed E-state index contributed by atoms with van der Waals surface area (Å²) in [5, 5.41) is 3.00. The van der Waals surface area contributed by atoms with Gasteiger partial charge >= 0.3 is 0 Å². The Kier molecular flexibility index (Phi) is 7.01. The molecule has 1 amide bonds. The second kappa shape index (κ2) is 9.67. The number of ether oxygens (including phenoxy) is 1. The maximum atomic E-state index is 12.7. The largest absolute Gasteiger partial charge is 0.385 e. The van der Waals surface area contributed by atoms with Crippen LogP contribution in [-0.4, -0.2) is 54.1 Å². The van der Waals surface area contributed by atoms with Gasteiger partial charge in [-0.1, -0.05) is 0 Å². The molecular formula is C21H30N4O2. The van der Waals surface area contributed by atoms with Crippen LogP contribution in [0.4, 0.5) is 0 Å². The number of H-pyrrole nitrogens is 1. The van der Waals surface area contributed by atoms with Gasteiger partial charge in [-0.3, -0.25) is 14.7 Å². The van der Waals surface area contributed by atoms with Crippen LogP contribution in [0.3, 0.4) is 0 Å². The molecule has 2 aromatic heterocycles. The molecule has 0 aliphatic carbocycles. The molecule has 0 saturated carbocycles. The van der Waals surface area contributed by atoms with E-state index in [1.165, 1.54) is 5.69 Å². The molecule has 0 aromatic carbocycles. The summed E-state index contributed by atoms with van der Waals surface area (Å²) in [5.74, 6) is 0.312. The average Bonchev–Trinajstić information content (AvgIpc) is 3.19. The molecule has 27 heavy (non-hydrogen) atoms. The number of rotatable bonds is 8. The van der Waals surface area contributed by atoms with Crippen molar-refractivity contribution >= 4 is 5.91 Å². The number of likely N-dealkylation sites (tertiary alicyclic amines) is 1. The first-order valence-electron chi connectivity index (χ1n) is 9.76. The van der Waals surface area contributed by atoms with Gasteiger partial charge in [0, 0.05) is 50.3 Å². The van der Waals surface area contributed by atoms with E-state index in [0.29, 0.717) is 19.1 Å². The fourth-order valence-corrected chi connectivity index (χ4v) is 3.66. The highest BCUT2D eigenvalue weighted by Gasteiger charge is 2.26. The summed E-state index contributed by atoms with van der Waals surface area (Å²) in [6.07, 6.45) is 4.84. The number of pyridine rings is 1. The van der Waals surface area contributed by atoms with Crippen LogP contribution in [0.15, 0.2) is 30.5 Å². The average molecular weight is 370 g/mol. The van der Waals surface area contributed by atoms with E-state index in [1.807, 2.05) is 31.3 Å². The topological polar surface area (TPSA) is 70.2 Å². The Hall–Kier alpha value is -2.18. The maximum Gasteiger partial charge on any atom is 0.253 e. The lowest BCUT2D eigenvalue weighted by Gasteiger charge is -2.32. The van der Waals surface area contributed by atoms with Crippen molar-refractivity contribution < 1.29 is 9.53 Å². The minimum atomic E-state index is -0.0255. The summed E-state index contributed by atoms with van der Waals surface area (Å²) in [4.78, 5) is 23.1. The zero-order chi connectivity index (χ0) is 19.1. The lowest BCUT2D eigenvalue weighted by molar-refractivity contribution is 0.0945. The number of carbonyl (C=O) groups excluding carboxylic acids is 1. The molecule has 1 saturated heterocycles. The number of aromatic nitrogens is 2. The molecule has 1 fully saturated rings. The molecule has 0 spiro atoms. The lowest BCUT2D eigenvalue weighted by Crippen LogP contribution is -2.34. The minimum absolute atomic E-state index is 0.0255. The SMILES string of the molecule is COCCCNC(=O)c1ccc(C)nc1C1CCN(Cc2ccc[nH]2)CC1.